The van der Waals surface area contributed by atoms with Gasteiger partial charge in [-0.15, -0.1) is 0 Å². The molecule has 118 heavy (non-hydrogen) atoms. The summed E-state index contributed by atoms with van der Waals surface area (Å²) in [5, 5.41) is 39.3. The third-order valence-corrected chi connectivity index (χ3v) is 23.1. The fourth-order valence-electron chi connectivity index (χ4n) is 16.2. The molecule has 3 aliphatic carbocycles. The van der Waals surface area contributed by atoms with Crippen molar-refractivity contribution < 1.29 is 43.9 Å². The van der Waals surface area contributed by atoms with E-state index in [9.17, 15) is 29.7 Å². The summed E-state index contributed by atoms with van der Waals surface area (Å²) in [6.07, 6.45) is 19.9. The van der Waals surface area contributed by atoms with Crippen LogP contribution in [-0.2, 0) is 52.2 Å². The lowest BCUT2D eigenvalue weighted by Gasteiger charge is -2.40. The summed E-state index contributed by atoms with van der Waals surface area (Å²) in [4.78, 5) is 77.4. The Balaban J connectivity index is 0.000000162. The lowest BCUT2D eigenvalue weighted by Crippen LogP contribution is -2.51. The van der Waals surface area contributed by atoms with Gasteiger partial charge in [-0.1, -0.05) is 95.2 Å². The van der Waals surface area contributed by atoms with Crippen LogP contribution in [-0.4, -0.2) is 202 Å². The standard InChI is InChI=1S/3C29H33Cl2N5O3.CH4/c3*1-28(2,3)39-27(37)36-10-8-35(9-11-36)26-21-7-6-19(30)14-22(21)23(13-18-12-20(31)15-33-25(18)26)29(4,38)24-16-32-17-34(24)5;/h3*6-7,12-17,26,38H,8-11H2,1-5H3;1H4/t3*26-,29?;/m000./s1. The van der Waals surface area contributed by atoms with Gasteiger partial charge in [0.25, 0.3) is 0 Å². The van der Waals surface area contributed by atoms with E-state index in [1.807, 2.05) is 174 Å². The number of hydrogen-bond donors (Lipinski definition) is 3. The third kappa shape index (κ3) is 19.0. The molecule has 3 unspecified atom stereocenters. The average Bonchev–Trinajstić information content (AvgIpc) is 1.72. The van der Waals surface area contributed by atoms with Gasteiger partial charge in [0.2, 0.25) is 0 Å². The molecule has 15 rings (SSSR count). The molecule has 3 saturated heterocycles. The van der Waals surface area contributed by atoms with E-state index in [0.717, 1.165) is 67.2 Å². The zero-order chi connectivity index (χ0) is 84.3. The molecule has 0 spiro atoms. The maximum atomic E-state index is 12.7. The summed E-state index contributed by atoms with van der Waals surface area (Å²) < 4.78 is 22.2. The Kier molecular flexibility index (Phi) is 26.1. The van der Waals surface area contributed by atoms with Crippen molar-refractivity contribution in [2.75, 3.05) is 78.5 Å². The highest BCUT2D eigenvalue weighted by molar-refractivity contribution is 6.32. The van der Waals surface area contributed by atoms with Gasteiger partial charge in [-0.3, -0.25) is 29.7 Å². The number of aliphatic hydroxyl groups is 3. The van der Waals surface area contributed by atoms with Crippen LogP contribution >= 0.6 is 69.6 Å². The van der Waals surface area contributed by atoms with Crippen molar-refractivity contribution in [2.45, 2.75) is 142 Å². The lowest BCUT2D eigenvalue weighted by atomic mass is 9.84. The second-order valence-electron chi connectivity index (χ2n) is 33.9. The number of carbonyl (C=O) groups excluding carboxylic acids is 3. The number of amides is 3. The molecule has 0 saturated carbocycles. The first kappa shape index (κ1) is 88.6. The number of ether oxygens (including phenoxy) is 3. The van der Waals surface area contributed by atoms with Crippen LogP contribution in [0.3, 0.4) is 0 Å². The van der Waals surface area contributed by atoms with Gasteiger partial charge in [0, 0.05) is 133 Å². The Morgan fingerprint density at radius 2 is 0.593 bits per heavy atom. The summed E-state index contributed by atoms with van der Waals surface area (Å²) in [6, 6.07) is 22.2. The molecular weight excluding hydrogens is 1620 g/mol. The van der Waals surface area contributed by atoms with Gasteiger partial charge in [0.1, 0.15) is 33.6 Å². The second kappa shape index (κ2) is 34.8. The molecule has 626 valence electrons. The summed E-state index contributed by atoms with van der Waals surface area (Å²) >= 11 is 38.9. The molecule has 9 heterocycles. The number of rotatable bonds is 9. The number of piperazine rings is 3. The molecule has 3 fully saturated rings. The Morgan fingerprint density at radius 1 is 0.356 bits per heavy atom. The van der Waals surface area contributed by atoms with Crippen molar-refractivity contribution in [2.24, 2.45) is 21.1 Å². The molecule has 6 aromatic heterocycles. The average molecular weight is 1730 g/mol. The Labute approximate surface area is 720 Å². The van der Waals surface area contributed by atoms with Crippen LogP contribution in [0.4, 0.5) is 14.4 Å². The molecule has 3 aromatic carbocycles. The van der Waals surface area contributed by atoms with Crippen LogP contribution in [0.25, 0.3) is 34.9 Å². The Hall–Kier alpha value is -8.73. The minimum absolute atomic E-state index is 0. The number of aromatic nitrogens is 9. The van der Waals surface area contributed by atoms with Crippen LogP contribution < -0.4 is 0 Å². The fraction of sp³-hybridized carbons (Fsp3) is 0.420. The molecule has 30 heteroatoms. The molecule has 0 radical (unpaired) electrons. The van der Waals surface area contributed by atoms with E-state index in [1.54, 1.807) is 105 Å². The normalized spacial score (nSPS) is 19.3. The van der Waals surface area contributed by atoms with Crippen LogP contribution in [0.1, 0.15) is 193 Å². The quantitative estimate of drug-likeness (QED) is 0.114. The topological polar surface area (TPSA) is 251 Å². The van der Waals surface area contributed by atoms with Crippen molar-refractivity contribution in [1.29, 1.82) is 0 Å². The van der Waals surface area contributed by atoms with E-state index in [2.05, 4.69) is 29.7 Å². The Bertz CT molecular complexity index is 4820. The molecule has 3 aliphatic heterocycles. The number of halogens is 6. The number of aryl methyl sites for hydroxylation is 3. The van der Waals surface area contributed by atoms with Crippen molar-refractivity contribution in [3.8, 4) is 0 Å². The molecule has 3 amide bonds. The number of imidazole rings is 3. The molecule has 24 nitrogen and oxygen atoms in total. The number of nitrogens with zero attached hydrogens (tertiary/aromatic N) is 15. The van der Waals surface area contributed by atoms with E-state index in [0.29, 0.717) is 142 Å². The number of hydrogen-bond acceptors (Lipinski definition) is 18. The highest BCUT2D eigenvalue weighted by atomic mass is 35.5. The first-order valence-electron chi connectivity index (χ1n) is 38.8. The third-order valence-electron chi connectivity index (χ3n) is 21.7. The van der Waals surface area contributed by atoms with Crippen LogP contribution in [0.5, 0.6) is 0 Å². The van der Waals surface area contributed by atoms with Crippen LogP contribution in [0.15, 0.2) is 129 Å². The van der Waals surface area contributed by atoms with Gasteiger partial charge < -0.3 is 57.9 Å². The number of carbonyl (C=O) groups is 3. The van der Waals surface area contributed by atoms with Gasteiger partial charge in [0.15, 0.2) is 0 Å². The molecule has 6 aliphatic rings. The van der Waals surface area contributed by atoms with Gasteiger partial charge in [-0.25, -0.2) is 29.3 Å². The molecule has 9 aromatic rings. The Morgan fingerprint density at radius 3 is 0.805 bits per heavy atom. The van der Waals surface area contributed by atoms with Crippen molar-refractivity contribution >= 4 is 123 Å². The zero-order valence-corrected chi connectivity index (χ0v) is 72.9. The largest absolute Gasteiger partial charge is 0.444 e. The highest BCUT2D eigenvalue weighted by Crippen LogP contribution is 2.51. The lowest BCUT2D eigenvalue weighted by molar-refractivity contribution is 0.0108. The predicted molar refractivity (Wildman–Crippen MR) is 464 cm³/mol. The maximum absolute atomic E-state index is 12.7. The first-order chi connectivity index (χ1) is 55.0. The monoisotopic (exact) mass is 1720 g/mol. The second-order valence-corrected chi connectivity index (χ2v) is 36.5. The number of fused-ring (bicyclic) bond motifs is 6. The van der Waals surface area contributed by atoms with E-state index < -0.39 is 33.6 Å². The van der Waals surface area contributed by atoms with Gasteiger partial charge in [-0.2, -0.15) is 0 Å². The minimum Gasteiger partial charge on any atom is -0.444 e. The van der Waals surface area contributed by atoms with Crippen molar-refractivity contribution in [1.82, 2.24) is 73.0 Å². The van der Waals surface area contributed by atoms with Crippen LogP contribution in [0, 0.1) is 0 Å². The highest BCUT2D eigenvalue weighted by Gasteiger charge is 2.45. The van der Waals surface area contributed by atoms with Crippen molar-refractivity contribution in [3.63, 3.8) is 0 Å². The summed E-state index contributed by atoms with van der Waals surface area (Å²) in [6.45, 7) is 28.9. The summed E-state index contributed by atoms with van der Waals surface area (Å²) in [7, 11) is 5.56. The maximum Gasteiger partial charge on any atom is 0.410 e. The van der Waals surface area contributed by atoms with Crippen LogP contribution in [0.2, 0.25) is 30.1 Å². The predicted octanol–water partition coefficient (Wildman–Crippen LogP) is 17.2. The van der Waals surface area contributed by atoms with Gasteiger partial charge >= 0.3 is 18.3 Å². The SMILES string of the molecule is C.Cn1cncc1C(C)(O)C1=Cc2cc(Cl)cnc2[C@@H](N2CCN(C(=O)OC(C)(C)C)CC2)c2ccc(Cl)cc21.Cn1cncc1C(C)(O)C1=Cc2cc(Cl)cnc2[C@@H](N2CCN(C(=O)OC(C)(C)C)CC2)c2ccc(Cl)cc21.Cn1cncc1C(C)(O)C1=Cc2cc(Cl)cnc2[C@@H](N2CCN(C(=O)OC(C)(C)C)CC2)c2ccc(Cl)cc21. The van der Waals surface area contributed by atoms with Gasteiger partial charge in [0.05, 0.1) is 105 Å². The first-order valence-corrected chi connectivity index (χ1v) is 41.1. The van der Waals surface area contributed by atoms with E-state index >= 15 is 0 Å². The number of pyridine rings is 3. The molecule has 3 N–H and O–H groups in total. The molecular formula is C88H103Cl6N15O9. The van der Waals surface area contributed by atoms with E-state index in [-0.39, 0.29) is 43.8 Å². The number of benzene rings is 3. The summed E-state index contributed by atoms with van der Waals surface area (Å²) in [5.41, 5.74) is 8.35. The smallest absolute Gasteiger partial charge is 0.410 e. The van der Waals surface area contributed by atoms with E-state index in [4.69, 9.17) is 98.8 Å². The van der Waals surface area contributed by atoms with Crippen molar-refractivity contribution in [3.05, 3.63) is 243 Å². The minimum atomic E-state index is -1.39. The zero-order valence-electron chi connectivity index (χ0n) is 68.3. The van der Waals surface area contributed by atoms with E-state index in [1.165, 1.54) is 0 Å². The molecule has 6 atom stereocenters. The fourth-order valence-corrected chi connectivity index (χ4v) is 17.3. The van der Waals surface area contributed by atoms with Gasteiger partial charge in [-0.05, 0) is 223 Å². The molecule has 0 bridgehead atoms. The summed E-state index contributed by atoms with van der Waals surface area (Å²) in [5.74, 6) is 0.